The predicted molar refractivity (Wildman–Crippen MR) is 279 cm³/mol. The summed E-state index contributed by atoms with van der Waals surface area (Å²) in [6.45, 7) is 4.27. The number of hydrogen-bond acceptors (Lipinski definition) is 10. The lowest BCUT2D eigenvalue weighted by Gasteiger charge is -2.21. The van der Waals surface area contributed by atoms with Crippen LogP contribution in [0.15, 0.2) is 97.2 Å². The van der Waals surface area contributed by atoms with Crippen molar-refractivity contribution in [2.24, 2.45) is 0 Å². The number of ether oxygens (including phenoxy) is 3. The summed E-state index contributed by atoms with van der Waals surface area (Å²) in [5.74, 6) is -1.56. The standard InChI is InChI=1S/C56H93O11P/c1-4-7-10-13-16-19-22-25-26-29-30-33-36-39-42-45-54(58)63-49-53(67-56(60)47-44-41-38-35-32-28-24-21-18-15-12-9-6-3)51-65-68(61,62)64-50-52(48-57)66-55(59)46-43-40-37-34-31-27-23-20-17-14-11-8-5-2/h8-9,11-12,16-21,25-28,31-32,52-53,57H,4-7,10,13-15,22-24,29-30,33-51H2,1-3H3,(H,61,62)/b11-8-,12-9-,19-16-,20-17-,21-18-,26-25-,31-27-,32-28-. The maximum Gasteiger partial charge on any atom is 0.472 e. The van der Waals surface area contributed by atoms with Gasteiger partial charge in [-0.3, -0.25) is 23.4 Å². The van der Waals surface area contributed by atoms with Crippen molar-refractivity contribution in [3.8, 4) is 0 Å². The van der Waals surface area contributed by atoms with Crippen LogP contribution >= 0.6 is 7.82 Å². The van der Waals surface area contributed by atoms with Crippen molar-refractivity contribution >= 4 is 25.7 Å². The Morgan fingerprint density at radius 3 is 1.19 bits per heavy atom. The van der Waals surface area contributed by atoms with E-state index in [0.29, 0.717) is 19.3 Å². The summed E-state index contributed by atoms with van der Waals surface area (Å²) in [6, 6.07) is 0. The van der Waals surface area contributed by atoms with E-state index in [9.17, 15) is 28.9 Å². The Bertz CT molecular complexity index is 1510. The van der Waals surface area contributed by atoms with Gasteiger partial charge in [-0.2, -0.15) is 0 Å². The molecular formula is C56H93O11P. The van der Waals surface area contributed by atoms with Crippen LogP contribution in [0.2, 0.25) is 0 Å². The van der Waals surface area contributed by atoms with E-state index < -0.39 is 57.8 Å². The molecule has 0 spiro atoms. The second-order valence-electron chi connectivity index (χ2n) is 16.9. The Labute approximate surface area is 412 Å². The molecule has 0 aliphatic rings. The second kappa shape index (κ2) is 49.8. The van der Waals surface area contributed by atoms with E-state index in [2.05, 4.69) is 118 Å². The fourth-order valence-corrected chi connectivity index (χ4v) is 7.31. The van der Waals surface area contributed by atoms with Crippen molar-refractivity contribution in [2.75, 3.05) is 26.4 Å². The Morgan fingerprint density at radius 1 is 0.426 bits per heavy atom. The van der Waals surface area contributed by atoms with Crippen LogP contribution in [0, 0.1) is 0 Å². The highest BCUT2D eigenvalue weighted by Crippen LogP contribution is 2.43. The van der Waals surface area contributed by atoms with Gasteiger partial charge in [-0.05, 0) is 116 Å². The minimum atomic E-state index is -4.76. The van der Waals surface area contributed by atoms with Gasteiger partial charge in [0.05, 0.1) is 19.8 Å². The average Bonchev–Trinajstić information content (AvgIpc) is 3.32. The molecule has 0 aromatic carbocycles. The zero-order valence-corrected chi connectivity index (χ0v) is 43.4. The van der Waals surface area contributed by atoms with E-state index in [1.54, 1.807) is 0 Å². The number of phosphoric acid groups is 1. The Morgan fingerprint density at radius 2 is 0.765 bits per heavy atom. The zero-order valence-electron chi connectivity index (χ0n) is 42.5. The van der Waals surface area contributed by atoms with Gasteiger partial charge in [0.25, 0.3) is 0 Å². The lowest BCUT2D eigenvalue weighted by molar-refractivity contribution is -0.161. The maximum atomic E-state index is 12.8. The number of rotatable bonds is 47. The molecule has 0 fully saturated rings. The molecule has 0 aromatic rings. The van der Waals surface area contributed by atoms with Crippen molar-refractivity contribution < 1.29 is 52.2 Å². The van der Waals surface area contributed by atoms with Crippen LogP contribution in [-0.4, -0.2) is 66.5 Å². The molecule has 3 atom stereocenters. The lowest BCUT2D eigenvalue weighted by atomic mass is 10.1. The largest absolute Gasteiger partial charge is 0.472 e. The number of allylic oxidation sites excluding steroid dienone is 16. The number of aliphatic hydroxyl groups is 1. The van der Waals surface area contributed by atoms with Crippen LogP contribution in [0.3, 0.4) is 0 Å². The van der Waals surface area contributed by atoms with Gasteiger partial charge in [0.15, 0.2) is 6.10 Å². The molecule has 0 aliphatic heterocycles. The molecule has 0 amide bonds. The molecule has 0 rings (SSSR count). The maximum absolute atomic E-state index is 12.8. The van der Waals surface area contributed by atoms with Gasteiger partial charge >= 0.3 is 25.7 Å². The van der Waals surface area contributed by atoms with E-state index in [4.69, 9.17) is 23.3 Å². The van der Waals surface area contributed by atoms with Gasteiger partial charge in [0, 0.05) is 19.3 Å². The molecule has 2 N–H and O–H groups in total. The number of hydrogen-bond donors (Lipinski definition) is 2. The molecule has 68 heavy (non-hydrogen) atoms. The first-order chi connectivity index (χ1) is 33.2. The first kappa shape index (κ1) is 64.4. The summed E-state index contributed by atoms with van der Waals surface area (Å²) < 4.78 is 39.3. The molecule has 11 nitrogen and oxygen atoms in total. The summed E-state index contributed by atoms with van der Waals surface area (Å²) in [5, 5.41) is 9.77. The molecule has 3 unspecified atom stereocenters. The quantitative estimate of drug-likeness (QED) is 0.0197. The number of aliphatic hydroxyl groups excluding tert-OH is 1. The van der Waals surface area contributed by atoms with Crippen molar-refractivity contribution in [3.63, 3.8) is 0 Å². The first-order valence-electron chi connectivity index (χ1n) is 26.1. The third kappa shape index (κ3) is 47.5. The van der Waals surface area contributed by atoms with Crippen molar-refractivity contribution in [2.45, 2.75) is 213 Å². The van der Waals surface area contributed by atoms with E-state index in [1.165, 1.54) is 19.3 Å². The number of carbonyl (C=O) groups is 3. The molecular weight excluding hydrogens is 880 g/mol. The normalized spacial score (nSPS) is 14.2. The number of esters is 3. The third-order valence-corrected chi connectivity index (χ3v) is 11.4. The van der Waals surface area contributed by atoms with Gasteiger partial charge in [0.1, 0.15) is 12.7 Å². The smallest absolute Gasteiger partial charge is 0.462 e. The summed E-state index contributed by atoms with van der Waals surface area (Å²) in [4.78, 5) is 48.3. The molecule has 388 valence electrons. The third-order valence-electron chi connectivity index (χ3n) is 10.5. The predicted octanol–water partition coefficient (Wildman–Crippen LogP) is 14.9. The van der Waals surface area contributed by atoms with Gasteiger partial charge < -0.3 is 24.2 Å². The Balaban J connectivity index is 4.83. The lowest BCUT2D eigenvalue weighted by Crippen LogP contribution is -2.30. The van der Waals surface area contributed by atoms with E-state index in [-0.39, 0.29) is 25.9 Å². The van der Waals surface area contributed by atoms with Crippen molar-refractivity contribution in [1.29, 1.82) is 0 Å². The highest BCUT2D eigenvalue weighted by atomic mass is 31.2. The fourth-order valence-electron chi connectivity index (χ4n) is 6.53. The Kier molecular flexibility index (Phi) is 47.2. The number of phosphoric ester groups is 1. The molecule has 0 heterocycles. The SMILES string of the molecule is CC/C=C\C/C=C\C/C=C\CCCCCC(=O)OC(CO)COP(=O)(O)OCC(COC(=O)CCCCCCC/C=C\C/C=C\CCCCC)OC(=O)CCCCC/C=C\C/C=C\C/C=C\CC. The first-order valence-corrected chi connectivity index (χ1v) is 27.6. The van der Waals surface area contributed by atoms with Crippen LogP contribution in [0.25, 0.3) is 0 Å². The monoisotopic (exact) mass is 973 g/mol. The topological polar surface area (TPSA) is 155 Å². The number of carbonyl (C=O) groups excluding carboxylic acids is 3. The summed E-state index contributed by atoms with van der Waals surface area (Å²) in [7, 11) is -4.76. The molecule has 0 aliphatic carbocycles. The number of unbranched alkanes of at least 4 members (excludes halogenated alkanes) is 14. The summed E-state index contributed by atoms with van der Waals surface area (Å²) in [5.41, 5.74) is 0. The van der Waals surface area contributed by atoms with Gasteiger partial charge in [-0.15, -0.1) is 0 Å². The molecule has 0 saturated heterocycles. The van der Waals surface area contributed by atoms with E-state index in [0.717, 1.165) is 122 Å². The van der Waals surface area contributed by atoms with E-state index in [1.807, 2.05) is 0 Å². The van der Waals surface area contributed by atoms with Crippen LogP contribution in [0.4, 0.5) is 0 Å². The minimum absolute atomic E-state index is 0.122. The minimum Gasteiger partial charge on any atom is -0.462 e. The average molecular weight is 973 g/mol. The van der Waals surface area contributed by atoms with Crippen LogP contribution in [0.1, 0.15) is 201 Å². The van der Waals surface area contributed by atoms with Crippen molar-refractivity contribution in [1.82, 2.24) is 0 Å². The highest BCUT2D eigenvalue weighted by molar-refractivity contribution is 7.47. The fraction of sp³-hybridized carbons (Fsp3) is 0.661. The van der Waals surface area contributed by atoms with E-state index >= 15 is 0 Å². The summed E-state index contributed by atoms with van der Waals surface area (Å²) in [6.07, 6.45) is 56.7. The highest BCUT2D eigenvalue weighted by Gasteiger charge is 2.28. The van der Waals surface area contributed by atoms with Gasteiger partial charge in [0.2, 0.25) is 0 Å². The van der Waals surface area contributed by atoms with Crippen molar-refractivity contribution in [3.05, 3.63) is 97.2 Å². The van der Waals surface area contributed by atoms with Crippen LogP contribution in [0.5, 0.6) is 0 Å². The van der Waals surface area contributed by atoms with Gasteiger partial charge in [-0.1, -0.05) is 163 Å². The van der Waals surface area contributed by atoms with Crippen LogP contribution < -0.4 is 0 Å². The molecule has 0 aromatic heterocycles. The van der Waals surface area contributed by atoms with Crippen LogP contribution in [-0.2, 0) is 42.2 Å². The molecule has 0 bridgehead atoms. The molecule has 0 radical (unpaired) electrons. The summed E-state index contributed by atoms with van der Waals surface area (Å²) >= 11 is 0. The Hall–Kier alpha value is -3.60. The molecule has 0 saturated carbocycles. The second-order valence-corrected chi connectivity index (χ2v) is 18.4. The molecule has 12 heteroatoms. The zero-order chi connectivity index (χ0) is 49.9. The van der Waals surface area contributed by atoms with Gasteiger partial charge in [-0.25, -0.2) is 4.57 Å².